The van der Waals surface area contributed by atoms with E-state index < -0.39 is 97.5 Å². The quantitative estimate of drug-likeness (QED) is 0.0169. The first-order valence-electron chi connectivity index (χ1n) is 42.4. The molecule has 2 unspecified atom stereocenters. The lowest BCUT2D eigenvalue weighted by atomic mass is 10.0. The van der Waals surface area contributed by atoms with Crippen LogP contribution in [0.2, 0.25) is 0 Å². The van der Waals surface area contributed by atoms with E-state index in [1.54, 1.807) is 0 Å². The number of esters is 4. The molecular weight excluding hydrogens is 1400 g/mol. The third-order valence-corrected chi connectivity index (χ3v) is 19.5. The molecule has 3 N–H and O–H groups in total. The Hall–Kier alpha value is -4.80. The van der Waals surface area contributed by atoms with E-state index in [4.69, 9.17) is 37.0 Å². The van der Waals surface area contributed by atoms with Crippen LogP contribution in [0, 0.1) is 0 Å². The molecule has 0 aliphatic carbocycles. The number of allylic oxidation sites excluding steroid dienone is 22. The zero-order valence-corrected chi connectivity index (χ0v) is 69.8. The standard InChI is InChI=1S/C89H152O17P2/c1-5-9-13-17-21-25-29-33-37-39-41-43-47-51-55-59-63-67-71-75-88(93)105-84(79-99-86(91)73-69-65-61-57-53-49-45-35-31-27-23-19-15-11-7-3)81-103-107(95,96)101-77-83(90)78-102-108(97,98)104-82-85(80-100-87(92)74-70-66-62-58-54-50-46-36-32-28-24-20-16-12-8-4)106-89(94)76-72-68-64-60-56-52-48-44-42-40-38-34-30-26-22-18-14-10-6-2/h9,13,21-22,25-26,33-34,36-38,41-44,46,51-52,55-56,64,68,83-85,90H,5-8,10-12,14-20,23-24,27-32,35,39-40,45,47-50,53-54,57-63,65-67,69-82H2,1-4H3,(H,95,96)(H,97,98)/b13-9-,25-21-,26-22-,37-33-,38-34-,43-41-,44-42-,46-36-,55-51-,56-52-,68-64-/t83-,84+,85+/m0/s1. The molecule has 108 heavy (non-hydrogen) atoms. The minimum absolute atomic E-state index is 0.0326. The highest BCUT2D eigenvalue weighted by molar-refractivity contribution is 7.47. The molecule has 620 valence electrons. The fourth-order valence-electron chi connectivity index (χ4n) is 11.2. The van der Waals surface area contributed by atoms with Gasteiger partial charge in [-0.1, -0.05) is 322 Å². The van der Waals surface area contributed by atoms with Gasteiger partial charge < -0.3 is 33.8 Å². The minimum Gasteiger partial charge on any atom is -0.462 e. The summed E-state index contributed by atoms with van der Waals surface area (Å²) in [6, 6.07) is 0. The molecule has 0 saturated heterocycles. The highest BCUT2D eigenvalue weighted by atomic mass is 31.2. The van der Waals surface area contributed by atoms with Gasteiger partial charge in [0.15, 0.2) is 12.2 Å². The molecule has 0 amide bonds. The van der Waals surface area contributed by atoms with Crippen molar-refractivity contribution in [3.8, 4) is 0 Å². The molecule has 0 bridgehead atoms. The van der Waals surface area contributed by atoms with Gasteiger partial charge in [0.05, 0.1) is 26.4 Å². The van der Waals surface area contributed by atoms with Crippen LogP contribution in [0.3, 0.4) is 0 Å². The van der Waals surface area contributed by atoms with Crippen LogP contribution in [0.15, 0.2) is 134 Å². The molecular formula is C89H152O17P2. The number of hydrogen-bond donors (Lipinski definition) is 3. The predicted molar refractivity (Wildman–Crippen MR) is 445 cm³/mol. The average Bonchev–Trinajstić information content (AvgIpc) is 0.907. The van der Waals surface area contributed by atoms with Crippen LogP contribution in [0.25, 0.3) is 0 Å². The Morgan fingerprint density at radius 1 is 0.269 bits per heavy atom. The van der Waals surface area contributed by atoms with Gasteiger partial charge in [0, 0.05) is 25.7 Å². The third-order valence-electron chi connectivity index (χ3n) is 17.6. The number of phosphoric ester groups is 2. The maximum atomic E-state index is 13.1. The first-order chi connectivity index (χ1) is 52.7. The lowest BCUT2D eigenvalue weighted by molar-refractivity contribution is -0.161. The fourth-order valence-corrected chi connectivity index (χ4v) is 12.7. The second-order valence-electron chi connectivity index (χ2n) is 28.0. The van der Waals surface area contributed by atoms with Crippen molar-refractivity contribution in [3.05, 3.63) is 134 Å². The number of unbranched alkanes of at least 4 members (excludes halogenated alkanes) is 31. The SMILES string of the molecule is CC/C=C\C/C=C\C/C=C\C/C=C\C/C=C\CCCCCC(=O)O[C@H](COC(=O)CCCCCCCCCCCCCCCCC)COP(=O)(O)OC[C@H](O)COP(=O)(O)OC[C@@H](COC(=O)CCCCCCC/C=C\CCCCCCCC)OC(=O)CC/C=C\C/C=C\C/C=C\C/C=C\C/C=C\CCCCC. The third kappa shape index (κ3) is 79.3. The lowest BCUT2D eigenvalue weighted by Gasteiger charge is -2.21. The molecule has 0 heterocycles. The molecule has 19 heteroatoms. The van der Waals surface area contributed by atoms with Crippen LogP contribution in [0.5, 0.6) is 0 Å². The Morgan fingerprint density at radius 3 is 0.833 bits per heavy atom. The number of aliphatic hydroxyl groups is 1. The molecule has 5 atom stereocenters. The molecule has 0 aromatic rings. The van der Waals surface area contributed by atoms with E-state index >= 15 is 0 Å². The van der Waals surface area contributed by atoms with E-state index in [1.807, 2.05) is 18.2 Å². The van der Waals surface area contributed by atoms with Crippen molar-refractivity contribution in [1.29, 1.82) is 0 Å². The molecule has 0 aromatic heterocycles. The molecule has 0 radical (unpaired) electrons. The lowest BCUT2D eigenvalue weighted by Crippen LogP contribution is -2.30. The Bertz CT molecular complexity index is 2560. The normalized spacial score (nSPS) is 14.5. The number of ether oxygens (including phenoxy) is 4. The second-order valence-corrected chi connectivity index (χ2v) is 30.9. The smallest absolute Gasteiger partial charge is 0.462 e. The van der Waals surface area contributed by atoms with Crippen molar-refractivity contribution < 1.29 is 80.2 Å². The molecule has 17 nitrogen and oxygen atoms in total. The van der Waals surface area contributed by atoms with Gasteiger partial charge in [-0.2, -0.15) is 0 Å². The molecule has 0 fully saturated rings. The molecule has 0 aliphatic heterocycles. The van der Waals surface area contributed by atoms with Crippen molar-refractivity contribution >= 4 is 39.5 Å². The maximum Gasteiger partial charge on any atom is 0.472 e. The van der Waals surface area contributed by atoms with Gasteiger partial charge in [-0.25, -0.2) is 9.13 Å². The van der Waals surface area contributed by atoms with Crippen LogP contribution >= 0.6 is 15.6 Å². The van der Waals surface area contributed by atoms with Gasteiger partial charge in [0.25, 0.3) is 0 Å². The van der Waals surface area contributed by atoms with Crippen LogP contribution in [-0.2, 0) is 65.4 Å². The average molecular weight is 1560 g/mol. The zero-order chi connectivity index (χ0) is 78.9. The first-order valence-corrected chi connectivity index (χ1v) is 45.4. The Kier molecular flexibility index (Phi) is 76.7. The number of rotatable bonds is 79. The first kappa shape index (κ1) is 103. The minimum atomic E-state index is -5.01. The van der Waals surface area contributed by atoms with Gasteiger partial charge >= 0.3 is 39.5 Å². The molecule has 0 spiro atoms. The summed E-state index contributed by atoms with van der Waals surface area (Å²) in [5, 5.41) is 10.7. The largest absolute Gasteiger partial charge is 0.472 e. The van der Waals surface area contributed by atoms with Crippen molar-refractivity contribution in [2.75, 3.05) is 39.6 Å². The molecule has 0 aliphatic rings. The molecule has 0 aromatic carbocycles. The number of hydrogen-bond acceptors (Lipinski definition) is 15. The number of carbonyl (C=O) groups is 4. The van der Waals surface area contributed by atoms with Crippen molar-refractivity contribution in [3.63, 3.8) is 0 Å². The summed E-state index contributed by atoms with van der Waals surface area (Å²) in [5.41, 5.74) is 0. The summed E-state index contributed by atoms with van der Waals surface area (Å²) in [5.74, 6) is -2.31. The zero-order valence-electron chi connectivity index (χ0n) is 68.0. The van der Waals surface area contributed by atoms with Crippen molar-refractivity contribution in [2.45, 2.75) is 367 Å². The van der Waals surface area contributed by atoms with E-state index in [1.165, 1.54) is 128 Å². The van der Waals surface area contributed by atoms with E-state index in [9.17, 15) is 43.2 Å². The summed E-state index contributed by atoms with van der Waals surface area (Å²) in [4.78, 5) is 73.2. The van der Waals surface area contributed by atoms with Gasteiger partial charge in [-0.05, 0) is 135 Å². The van der Waals surface area contributed by atoms with Gasteiger partial charge in [-0.15, -0.1) is 0 Å². The van der Waals surface area contributed by atoms with Crippen LogP contribution in [0.4, 0.5) is 0 Å². The molecule has 0 saturated carbocycles. The van der Waals surface area contributed by atoms with Crippen molar-refractivity contribution in [2.24, 2.45) is 0 Å². The summed E-state index contributed by atoms with van der Waals surface area (Å²) in [6.07, 6.45) is 91.5. The summed E-state index contributed by atoms with van der Waals surface area (Å²) in [6.45, 7) is 4.64. The van der Waals surface area contributed by atoms with E-state index in [2.05, 4.69) is 143 Å². The highest BCUT2D eigenvalue weighted by Gasteiger charge is 2.30. The van der Waals surface area contributed by atoms with Crippen LogP contribution in [-0.4, -0.2) is 96.7 Å². The van der Waals surface area contributed by atoms with E-state index in [-0.39, 0.29) is 25.7 Å². The summed E-state index contributed by atoms with van der Waals surface area (Å²) in [7, 11) is -10.0. The monoisotopic (exact) mass is 1560 g/mol. The number of aliphatic hydroxyl groups excluding tert-OH is 1. The van der Waals surface area contributed by atoms with Gasteiger partial charge in [0.1, 0.15) is 19.3 Å². The topological polar surface area (TPSA) is 237 Å². The predicted octanol–water partition coefficient (Wildman–Crippen LogP) is 25.2. The number of carbonyl (C=O) groups excluding carboxylic acids is 4. The van der Waals surface area contributed by atoms with Gasteiger partial charge in [0.2, 0.25) is 0 Å². The second kappa shape index (κ2) is 80.3. The summed E-state index contributed by atoms with van der Waals surface area (Å²) >= 11 is 0. The van der Waals surface area contributed by atoms with E-state index in [0.29, 0.717) is 32.1 Å². The van der Waals surface area contributed by atoms with Crippen LogP contribution < -0.4 is 0 Å². The van der Waals surface area contributed by atoms with Crippen molar-refractivity contribution in [1.82, 2.24) is 0 Å². The molecule has 0 rings (SSSR count). The van der Waals surface area contributed by atoms with Crippen LogP contribution in [0.1, 0.15) is 349 Å². The van der Waals surface area contributed by atoms with E-state index in [0.717, 1.165) is 135 Å². The maximum absolute atomic E-state index is 13.1. The highest BCUT2D eigenvalue weighted by Crippen LogP contribution is 2.45. The number of phosphoric acid groups is 2. The Balaban J connectivity index is 5.48. The van der Waals surface area contributed by atoms with Gasteiger partial charge in [-0.3, -0.25) is 37.3 Å². The Labute approximate surface area is 656 Å². The Morgan fingerprint density at radius 2 is 0.500 bits per heavy atom. The summed E-state index contributed by atoms with van der Waals surface area (Å²) < 4.78 is 68.7. The fraction of sp³-hybridized carbons (Fsp3) is 0.708.